The molecule has 1 atom stereocenters. The Morgan fingerprint density at radius 2 is 1.93 bits per heavy atom. The molecule has 148 valence electrons. The first kappa shape index (κ1) is 18.9. The highest BCUT2D eigenvalue weighted by atomic mass is 16.5. The second-order valence-corrected chi connectivity index (χ2v) is 7.50. The summed E-state index contributed by atoms with van der Waals surface area (Å²) >= 11 is 0. The van der Waals surface area contributed by atoms with E-state index >= 15 is 0 Å². The second-order valence-electron chi connectivity index (χ2n) is 7.50. The molecule has 2 aliphatic heterocycles. The summed E-state index contributed by atoms with van der Waals surface area (Å²) in [5, 5.41) is 3.39. The number of likely N-dealkylation sites (tertiary alicyclic amines) is 1. The predicted octanol–water partition coefficient (Wildman–Crippen LogP) is 1.71. The van der Waals surface area contributed by atoms with Crippen molar-refractivity contribution in [2.45, 2.75) is 25.5 Å². The second kappa shape index (κ2) is 9.17. The monoisotopic (exact) mass is 380 g/mol. The maximum atomic E-state index is 12.7. The molecular formula is C22H28N4O2. The maximum Gasteiger partial charge on any atom is 0.227 e. The molecule has 1 unspecified atom stereocenters. The average Bonchev–Trinajstić information content (AvgIpc) is 3.25. The third-order valence-corrected chi connectivity index (χ3v) is 5.58. The molecule has 2 fully saturated rings. The molecule has 6 nitrogen and oxygen atoms in total. The van der Waals surface area contributed by atoms with Crippen LogP contribution in [-0.2, 0) is 17.8 Å². The van der Waals surface area contributed by atoms with Crippen molar-refractivity contribution >= 4 is 5.91 Å². The molecule has 6 heteroatoms. The zero-order chi connectivity index (χ0) is 19.2. The van der Waals surface area contributed by atoms with Crippen LogP contribution in [0.25, 0.3) is 0 Å². The van der Waals surface area contributed by atoms with E-state index in [1.165, 1.54) is 0 Å². The van der Waals surface area contributed by atoms with Crippen molar-refractivity contribution in [2.24, 2.45) is 0 Å². The van der Waals surface area contributed by atoms with E-state index in [1.54, 1.807) is 6.20 Å². The minimum atomic E-state index is 0.222. The van der Waals surface area contributed by atoms with Gasteiger partial charge in [0.25, 0.3) is 0 Å². The molecule has 1 amide bonds. The van der Waals surface area contributed by atoms with Crippen LogP contribution < -0.4 is 10.1 Å². The van der Waals surface area contributed by atoms with Crippen molar-refractivity contribution in [3.8, 4) is 5.75 Å². The molecule has 1 aromatic carbocycles. The SMILES string of the molecule is O=C(Cc1ccc(OCc2ccccn2)cc1)N1CCC(N2CCNCC2)C1. The number of piperazine rings is 1. The number of ether oxygens (including phenoxy) is 1. The van der Waals surface area contributed by atoms with Crippen LogP contribution in [0.4, 0.5) is 0 Å². The van der Waals surface area contributed by atoms with Crippen molar-refractivity contribution < 1.29 is 9.53 Å². The van der Waals surface area contributed by atoms with Crippen LogP contribution in [0.3, 0.4) is 0 Å². The van der Waals surface area contributed by atoms with Gasteiger partial charge in [-0.05, 0) is 36.2 Å². The van der Waals surface area contributed by atoms with Crippen LogP contribution >= 0.6 is 0 Å². The maximum absolute atomic E-state index is 12.7. The summed E-state index contributed by atoms with van der Waals surface area (Å²) in [5.74, 6) is 1.02. The molecule has 4 rings (SSSR count). The number of benzene rings is 1. The number of nitrogens with zero attached hydrogens (tertiary/aromatic N) is 3. The lowest BCUT2D eigenvalue weighted by Gasteiger charge is -2.32. The Labute approximate surface area is 166 Å². The molecule has 3 heterocycles. The van der Waals surface area contributed by atoms with Crippen molar-refractivity contribution in [2.75, 3.05) is 39.3 Å². The van der Waals surface area contributed by atoms with Gasteiger partial charge in [-0.2, -0.15) is 0 Å². The topological polar surface area (TPSA) is 57.7 Å². The molecule has 2 saturated heterocycles. The van der Waals surface area contributed by atoms with Crippen LogP contribution in [0.2, 0.25) is 0 Å². The van der Waals surface area contributed by atoms with Crippen molar-refractivity contribution in [3.63, 3.8) is 0 Å². The van der Waals surface area contributed by atoms with Crippen molar-refractivity contribution in [3.05, 3.63) is 59.9 Å². The predicted molar refractivity (Wildman–Crippen MR) is 108 cm³/mol. The van der Waals surface area contributed by atoms with Gasteiger partial charge in [0.15, 0.2) is 0 Å². The van der Waals surface area contributed by atoms with Gasteiger partial charge in [0.05, 0.1) is 12.1 Å². The fourth-order valence-corrected chi connectivity index (χ4v) is 3.94. The van der Waals surface area contributed by atoms with E-state index in [1.807, 2.05) is 47.4 Å². The Hall–Kier alpha value is -2.44. The molecule has 0 radical (unpaired) electrons. The molecule has 2 aliphatic rings. The minimum Gasteiger partial charge on any atom is -0.487 e. The molecule has 1 aromatic heterocycles. The third-order valence-electron chi connectivity index (χ3n) is 5.58. The lowest BCUT2D eigenvalue weighted by Crippen LogP contribution is -2.49. The molecule has 0 saturated carbocycles. The highest BCUT2D eigenvalue weighted by molar-refractivity contribution is 5.79. The first-order chi connectivity index (χ1) is 13.8. The van der Waals surface area contributed by atoms with Gasteiger partial charge in [0.1, 0.15) is 12.4 Å². The van der Waals surface area contributed by atoms with E-state index in [9.17, 15) is 4.79 Å². The number of rotatable bonds is 6. The van der Waals surface area contributed by atoms with E-state index in [4.69, 9.17) is 4.74 Å². The van der Waals surface area contributed by atoms with E-state index in [0.717, 1.165) is 62.7 Å². The van der Waals surface area contributed by atoms with Crippen LogP contribution in [-0.4, -0.2) is 66.0 Å². The Morgan fingerprint density at radius 1 is 1.11 bits per heavy atom. The van der Waals surface area contributed by atoms with E-state index in [2.05, 4.69) is 15.2 Å². The lowest BCUT2D eigenvalue weighted by molar-refractivity contribution is -0.129. The van der Waals surface area contributed by atoms with Gasteiger partial charge >= 0.3 is 0 Å². The minimum absolute atomic E-state index is 0.222. The fourth-order valence-electron chi connectivity index (χ4n) is 3.94. The lowest BCUT2D eigenvalue weighted by atomic mass is 10.1. The zero-order valence-corrected chi connectivity index (χ0v) is 16.2. The summed E-state index contributed by atoms with van der Waals surface area (Å²) in [6.07, 6.45) is 3.30. The van der Waals surface area contributed by atoms with Gasteiger partial charge in [-0.1, -0.05) is 18.2 Å². The Bertz CT molecular complexity index is 760. The zero-order valence-electron chi connectivity index (χ0n) is 16.2. The quantitative estimate of drug-likeness (QED) is 0.827. The third kappa shape index (κ3) is 4.88. The van der Waals surface area contributed by atoms with Crippen molar-refractivity contribution in [1.29, 1.82) is 0 Å². The number of carbonyl (C=O) groups excluding carboxylic acids is 1. The number of nitrogens with one attached hydrogen (secondary N) is 1. The van der Waals surface area contributed by atoms with Crippen molar-refractivity contribution in [1.82, 2.24) is 20.1 Å². The average molecular weight is 380 g/mol. The summed E-state index contributed by atoms with van der Waals surface area (Å²) in [5.41, 5.74) is 1.93. The normalized spacial score (nSPS) is 20.3. The van der Waals surface area contributed by atoms with Crippen LogP contribution in [0.15, 0.2) is 48.7 Å². The largest absolute Gasteiger partial charge is 0.487 e. The number of pyridine rings is 1. The van der Waals surface area contributed by atoms with E-state index in [-0.39, 0.29) is 5.91 Å². The van der Waals surface area contributed by atoms with Crippen LogP contribution in [0, 0.1) is 0 Å². The standard InChI is InChI=1S/C22H28N4O2/c27-22(26-12-8-20(16-26)25-13-10-23-11-14-25)15-18-4-6-21(7-5-18)28-17-19-3-1-2-9-24-19/h1-7,9,20,23H,8,10-17H2. The molecule has 0 bridgehead atoms. The Morgan fingerprint density at radius 3 is 2.68 bits per heavy atom. The smallest absolute Gasteiger partial charge is 0.227 e. The molecular weight excluding hydrogens is 352 g/mol. The van der Waals surface area contributed by atoms with E-state index in [0.29, 0.717) is 19.1 Å². The van der Waals surface area contributed by atoms with E-state index < -0.39 is 0 Å². The number of aromatic nitrogens is 1. The van der Waals surface area contributed by atoms with Gasteiger partial charge < -0.3 is 15.0 Å². The Kier molecular flexibility index (Phi) is 6.19. The van der Waals surface area contributed by atoms with Crippen LogP contribution in [0.5, 0.6) is 5.75 Å². The molecule has 0 aliphatic carbocycles. The first-order valence-corrected chi connectivity index (χ1v) is 10.1. The summed E-state index contributed by atoms with van der Waals surface area (Å²) in [6, 6.07) is 14.1. The number of hydrogen-bond acceptors (Lipinski definition) is 5. The van der Waals surface area contributed by atoms with Gasteiger partial charge in [-0.25, -0.2) is 0 Å². The molecule has 28 heavy (non-hydrogen) atoms. The fraction of sp³-hybridized carbons (Fsp3) is 0.455. The number of amides is 1. The highest BCUT2D eigenvalue weighted by Gasteiger charge is 2.30. The molecule has 2 aromatic rings. The Balaban J connectivity index is 1.25. The first-order valence-electron chi connectivity index (χ1n) is 10.1. The molecule has 0 spiro atoms. The molecule has 1 N–H and O–H groups in total. The van der Waals surface area contributed by atoms with Gasteiger partial charge in [-0.15, -0.1) is 0 Å². The summed E-state index contributed by atoms with van der Waals surface area (Å²) in [7, 11) is 0. The highest BCUT2D eigenvalue weighted by Crippen LogP contribution is 2.19. The summed E-state index contributed by atoms with van der Waals surface area (Å²) < 4.78 is 5.76. The number of hydrogen-bond donors (Lipinski definition) is 1. The summed E-state index contributed by atoms with van der Waals surface area (Å²) in [4.78, 5) is 21.5. The van der Waals surface area contributed by atoms with Gasteiger partial charge in [0.2, 0.25) is 5.91 Å². The van der Waals surface area contributed by atoms with Gasteiger partial charge in [0, 0.05) is 51.5 Å². The number of carbonyl (C=O) groups is 1. The van der Waals surface area contributed by atoms with Crippen LogP contribution in [0.1, 0.15) is 17.7 Å². The van der Waals surface area contributed by atoms with Gasteiger partial charge in [-0.3, -0.25) is 14.7 Å². The summed E-state index contributed by atoms with van der Waals surface area (Å²) in [6.45, 7) is 6.47.